The fourth-order valence-corrected chi connectivity index (χ4v) is 5.73. The first-order chi connectivity index (χ1) is 18.8. The van der Waals surface area contributed by atoms with Gasteiger partial charge in [-0.05, 0) is 50.1 Å². The Hall–Kier alpha value is -2.16. The summed E-state index contributed by atoms with van der Waals surface area (Å²) in [4.78, 5) is 33.5. The van der Waals surface area contributed by atoms with Gasteiger partial charge in [-0.1, -0.05) is 60.5 Å². The predicted octanol–water partition coefficient (Wildman–Crippen LogP) is 4.11. The summed E-state index contributed by atoms with van der Waals surface area (Å²) in [5.41, 5.74) is 1.74. The van der Waals surface area contributed by atoms with Gasteiger partial charge < -0.3 is 25.3 Å². The highest BCUT2D eigenvalue weighted by Crippen LogP contribution is 2.24. The molecule has 0 unspecified atom stereocenters. The number of likely N-dealkylation sites (N-methyl/N-ethyl adjacent to an activating group) is 1. The standard InChI is InChI=1S/C30H41Cl2N5O2/c1-3-22(23-7-5-4-6-8-23)21-37-14-11-25(20-33-29(38)24-9-10-26(31)27(32)19-24)34-28(30(37)39)12-13-36-17-15-35(2)16-18-36/h4-10,19,22,25,28,34H,3,11-18,20-21H2,1-2H3,(H,33,38)/t22-,25+,28+/m1/s1. The summed E-state index contributed by atoms with van der Waals surface area (Å²) < 4.78 is 0. The molecule has 7 nitrogen and oxygen atoms in total. The van der Waals surface area contributed by atoms with Gasteiger partial charge in [0, 0.05) is 69.9 Å². The molecular formula is C30H41Cl2N5O2. The van der Waals surface area contributed by atoms with Gasteiger partial charge in [0.25, 0.3) is 5.91 Å². The van der Waals surface area contributed by atoms with E-state index in [4.69, 9.17) is 23.2 Å². The Morgan fingerprint density at radius 1 is 1.05 bits per heavy atom. The zero-order chi connectivity index (χ0) is 27.8. The molecule has 2 aliphatic heterocycles. The van der Waals surface area contributed by atoms with E-state index in [1.807, 2.05) is 11.0 Å². The van der Waals surface area contributed by atoms with E-state index in [1.54, 1.807) is 18.2 Å². The molecule has 2 saturated heterocycles. The van der Waals surface area contributed by atoms with E-state index in [1.165, 1.54) is 5.56 Å². The Balaban J connectivity index is 1.43. The predicted molar refractivity (Wildman–Crippen MR) is 159 cm³/mol. The maximum Gasteiger partial charge on any atom is 0.251 e. The summed E-state index contributed by atoms with van der Waals surface area (Å²) >= 11 is 12.1. The first-order valence-electron chi connectivity index (χ1n) is 14.1. The second-order valence-corrected chi connectivity index (χ2v) is 11.6. The van der Waals surface area contributed by atoms with Gasteiger partial charge in [0.15, 0.2) is 0 Å². The Morgan fingerprint density at radius 3 is 2.49 bits per heavy atom. The highest BCUT2D eigenvalue weighted by Gasteiger charge is 2.32. The average Bonchev–Trinajstić information content (AvgIpc) is 3.10. The molecule has 2 amide bonds. The molecule has 0 bridgehead atoms. The summed E-state index contributed by atoms with van der Waals surface area (Å²) in [6.07, 6.45) is 2.48. The number of hydrogen-bond acceptors (Lipinski definition) is 5. The molecule has 2 heterocycles. The number of halogens is 2. The summed E-state index contributed by atoms with van der Waals surface area (Å²) in [7, 11) is 2.15. The molecule has 2 aromatic carbocycles. The highest BCUT2D eigenvalue weighted by molar-refractivity contribution is 6.42. The minimum Gasteiger partial charge on any atom is -0.350 e. The second kappa shape index (κ2) is 14.5. The molecule has 0 aromatic heterocycles. The molecule has 39 heavy (non-hydrogen) atoms. The minimum absolute atomic E-state index is 0.0139. The van der Waals surface area contributed by atoms with E-state index in [0.717, 1.165) is 52.0 Å². The van der Waals surface area contributed by atoms with E-state index in [2.05, 4.69) is 58.7 Å². The zero-order valence-corrected chi connectivity index (χ0v) is 24.6. The monoisotopic (exact) mass is 573 g/mol. The Labute approximate surface area is 242 Å². The van der Waals surface area contributed by atoms with Crippen LogP contribution in [-0.4, -0.2) is 98.0 Å². The summed E-state index contributed by atoms with van der Waals surface area (Å²) in [5, 5.41) is 7.42. The van der Waals surface area contributed by atoms with E-state index in [-0.39, 0.29) is 23.9 Å². The van der Waals surface area contributed by atoms with Crippen molar-refractivity contribution >= 4 is 35.0 Å². The van der Waals surface area contributed by atoms with Gasteiger partial charge in [0.05, 0.1) is 16.1 Å². The van der Waals surface area contributed by atoms with E-state index in [0.29, 0.717) is 41.2 Å². The third-order valence-electron chi connectivity index (χ3n) is 8.02. The zero-order valence-electron chi connectivity index (χ0n) is 23.0. The third kappa shape index (κ3) is 8.41. The van der Waals surface area contributed by atoms with Crippen LogP contribution in [0.25, 0.3) is 0 Å². The van der Waals surface area contributed by atoms with E-state index < -0.39 is 0 Å². The van der Waals surface area contributed by atoms with Crippen LogP contribution < -0.4 is 10.6 Å². The molecule has 2 aliphatic rings. The van der Waals surface area contributed by atoms with Gasteiger partial charge in [0.1, 0.15) is 0 Å². The average molecular weight is 575 g/mol. The number of piperazine rings is 1. The molecule has 4 rings (SSSR count). The lowest BCUT2D eigenvalue weighted by Crippen LogP contribution is -2.51. The lowest BCUT2D eigenvalue weighted by Gasteiger charge is -2.34. The van der Waals surface area contributed by atoms with Crippen LogP contribution >= 0.6 is 23.2 Å². The van der Waals surface area contributed by atoms with Crippen molar-refractivity contribution in [2.45, 2.75) is 44.2 Å². The Morgan fingerprint density at radius 2 is 1.79 bits per heavy atom. The quantitative estimate of drug-likeness (QED) is 0.447. The number of nitrogens with one attached hydrogen (secondary N) is 2. The Bertz CT molecular complexity index is 1090. The Kier molecular flexibility index (Phi) is 11.1. The lowest BCUT2D eigenvalue weighted by molar-refractivity contribution is -0.133. The van der Waals surface area contributed by atoms with Crippen molar-refractivity contribution < 1.29 is 9.59 Å². The number of rotatable bonds is 10. The first kappa shape index (κ1) is 29.8. The van der Waals surface area contributed by atoms with Crippen LogP contribution in [0.4, 0.5) is 0 Å². The minimum atomic E-state index is -0.285. The molecule has 3 atom stereocenters. The van der Waals surface area contributed by atoms with Gasteiger partial charge >= 0.3 is 0 Å². The molecule has 0 aliphatic carbocycles. The maximum absolute atomic E-state index is 13.8. The van der Waals surface area contributed by atoms with Gasteiger partial charge in [-0.25, -0.2) is 0 Å². The summed E-state index contributed by atoms with van der Waals surface area (Å²) in [6.45, 7) is 9.01. The number of hydrogen-bond donors (Lipinski definition) is 2. The number of benzene rings is 2. The molecule has 2 fully saturated rings. The largest absolute Gasteiger partial charge is 0.350 e. The molecule has 0 radical (unpaired) electrons. The van der Waals surface area contributed by atoms with Crippen molar-refractivity contribution in [3.05, 3.63) is 69.7 Å². The second-order valence-electron chi connectivity index (χ2n) is 10.8. The van der Waals surface area contributed by atoms with Crippen molar-refractivity contribution in [3.63, 3.8) is 0 Å². The van der Waals surface area contributed by atoms with Crippen molar-refractivity contribution in [2.75, 3.05) is 59.4 Å². The fourth-order valence-electron chi connectivity index (χ4n) is 5.43. The third-order valence-corrected chi connectivity index (χ3v) is 8.76. The van der Waals surface area contributed by atoms with Crippen LogP contribution in [0.2, 0.25) is 10.0 Å². The van der Waals surface area contributed by atoms with Gasteiger partial charge in [-0.2, -0.15) is 0 Å². The fraction of sp³-hybridized carbons (Fsp3) is 0.533. The van der Waals surface area contributed by atoms with Gasteiger partial charge in [0.2, 0.25) is 5.91 Å². The van der Waals surface area contributed by atoms with Crippen molar-refractivity contribution in [2.24, 2.45) is 0 Å². The van der Waals surface area contributed by atoms with Crippen LogP contribution in [0.3, 0.4) is 0 Å². The smallest absolute Gasteiger partial charge is 0.251 e. The van der Waals surface area contributed by atoms with Gasteiger partial charge in [-0.15, -0.1) is 0 Å². The van der Waals surface area contributed by atoms with Crippen molar-refractivity contribution in [1.29, 1.82) is 0 Å². The van der Waals surface area contributed by atoms with Crippen LogP contribution in [0.15, 0.2) is 48.5 Å². The molecule has 0 spiro atoms. The summed E-state index contributed by atoms with van der Waals surface area (Å²) in [6, 6.07) is 15.0. The van der Waals surface area contributed by atoms with Crippen molar-refractivity contribution in [1.82, 2.24) is 25.3 Å². The summed E-state index contributed by atoms with van der Waals surface area (Å²) in [5.74, 6) is 0.253. The molecular weight excluding hydrogens is 533 g/mol. The molecule has 2 aromatic rings. The topological polar surface area (TPSA) is 67.9 Å². The first-order valence-corrected chi connectivity index (χ1v) is 14.8. The van der Waals surface area contributed by atoms with Crippen molar-refractivity contribution in [3.8, 4) is 0 Å². The van der Waals surface area contributed by atoms with Gasteiger partial charge in [-0.3, -0.25) is 9.59 Å². The number of carbonyl (C=O) groups excluding carboxylic acids is 2. The SMILES string of the molecule is CC[C@H](CN1CC[C@@H](CNC(=O)c2ccc(Cl)c(Cl)c2)N[C@@H](CCN2CCN(C)CC2)C1=O)c1ccccc1. The number of nitrogens with zero attached hydrogens (tertiary/aromatic N) is 3. The van der Waals surface area contributed by atoms with Crippen LogP contribution in [0.1, 0.15) is 48.0 Å². The maximum atomic E-state index is 13.8. The van der Waals surface area contributed by atoms with Crippen LogP contribution in [-0.2, 0) is 4.79 Å². The molecule has 0 saturated carbocycles. The van der Waals surface area contributed by atoms with Crippen LogP contribution in [0, 0.1) is 0 Å². The van der Waals surface area contributed by atoms with E-state index >= 15 is 0 Å². The molecule has 9 heteroatoms. The normalized spacial score (nSPS) is 21.9. The molecule has 212 valence electrons. The van der Waals surface area contributed by atoms with Crippen LogP contribution in [0.5, 0.6) is 0 Å². The van der Waals surface area contributed by atoms with E-state index in [9.17, 15) is 9.59 Å². The highest BCUT2D eigenvalue weighted by atomic mass is 35.5. The number of amides is 2. The lowest BCUT2D eigenvalue weighted by atomic mass is 9.95. The molecule has 2 N–H and O–H groups in total. The number of carbonyl (C=O) groups is 2.